The van der Waals surface area contributed by atoms with E-state index >= 15 is 0 Å². The quantitative estimate of drug-likeness (QED) is 0.0210. The maximum absolute atomic E-state index is 12.7. The zero-order valence-electron chi connectivity index (χ0n) is 31.2. The largest absolute Gasteiger partial charge is 0.472 e. The van der Waals surface area contributed by atoms with Crippen LogP contribution in [-0.4, -0.2) is 98.3 Å². The third-order valence-corrected chi connectivity index (χ3v) is 10.1. The van der Waals surface area contributed by atoms with Crippen LogP contribution in [0.5, 0.6) is 0 Å². The minimum absolute atomic E-state index is 0.0897. The minimum Gasteiger partial charge on any atom is -0.462 e. The predicted molar refractivity (Wildman–Crippen MR) is 194 cm³/mol. The van der Waals surface area contributed by atoms with Gasteiger partial charge in [0, 0.05) is 12.8 Å². The second-order valence-corrected chi connectivity index (χ2v) is 15.2. The fourth-order valence-electron chi connectivity index (χ4n) is 5.87. The summed E-state index contributed by atoms with van der Waals surface area (Å²) in [5.74, 6) is -1.11. The van der Waals surface area contributed by atoms with Gasteiger partial charge in [-0.15, -0.1) is 0 Å². The number of aliphatic hydroxyl groups is 5. The van der Waals surface area contributed by atoms with Gasteiger partial charge in [-0.1, -0.05) is 116 Å². The molecular weight excluding hydrogens is 683 g/mol. The van der Waals surface area contributed by atoms with Crippen LogP contribution in [0.15, 0.2) is 12.2 Å². The number of allylic oxidation sites excluding steroid dienone is 2. The topological polar surface area (TPSA) is 210 Å². The molecule has 300 valence electrons. The Morgan fingerprint density at radius 2 is 1.00 bits per heavy atom. The van der Waals surface area contributed by atoms with Gasteiger partial charge in [0.15, 0.2) is 6.10 Å². The molecule has 6 unspecified atom stereocenters. The number of phosphoric ester groups is 1. The van der Waals surface area contributed by atoms with Crippen molar-refractivity contribution in [1.29, 1.82) is 0 Å². The van der Waals surface area contributed by atoms with E-state index in [0.29, 0.717) is 12.8 Å². The molecule has 0 bridgehead atoms. The van der Waals surface area contributed by atoms with Crippen LogP contribution in [0.1, 0.15) is 155 Å². The van der Waals surface area contributed by atoms with Crippen LogP contribution in [0.2, 0.25) is 0 Å². The first-order chi connectivity index (χ1) is 24.4. The third-order valence-electron chi connectivity index (χ3n) is 9.11. The molecule has 51 heavy (non-hydrogen) atoms. The van der Waals surface area contributed by atoms with Gasteiger partial charge in [0.2, 0.25) is 0 Å². The molecule has 13 nitrogen and oxygen atoms in total. The smallest absolute Gasteiger partial charge is 0.462 e. The van der Waals surface area contributed by atoms with Crippen LogP contribution in [-0.2, 0) is 32.7 Å². The van der Waals surface area contributed by atoms with Crippen molar-refractivity contribution in [3.05, 3.63) is 12.2 Å². The Morgan fingerprint density at radius 1 is 0.588 bits per heavy atom. The van der Waals surface area contributed by atoms with E-state index in [1.54, 1.807) is 0 Å². The number of unbranched alkanes of at least 4 members (excludes halogenated alkanes) is 17. The van der Waals surface area contributed by atoms with Crippen molar-refractivity contribution >= 4 is 19.8 Å². The summed E-state index contributed by atoms with van der Waals surface area (Å²) in [4.78, 5) is 35.4. The van der Waals surface area contributed by atoms with Gasteiger partial charge in [0.1, 0.15) is 43.2 Å². The number of carbonyl (C=O) groups is 2. The summed E-state index contributed by atoms with van der Waals surface area (Å²) in [6.07, 6.45) is 13.0. The maximum Gasteiger partial charge on any atom is 0.472 e. The van der Waals surface area contributed by atoms with Gasteiger partial charge in [-0.05, 0) is 38.5 Å². The lowest BCUT2D eigenvalue weighted by Gasteiger charge is -2.41. The Bertz CT molecular complexity index is 964. The monoisotopic (exact) mass is 752 g/mol. The highest BCUT2D eigenvalue weighted by atomic mass is 31.2. The van der Waals surface area contributed by atoms with Crippen molar-refractivity contribution in [2.75, 3.05) is 13.2 Å². The fraction of sp³-hybridized carbons (Fsp3) is 0.892. The molecule has 6 atom stereocenters. The van der Waals surface area contributed by atoms with Crippen LogP contribution in [0.4, 0.5) is 0 Å². The first-order valence-electron chi connectivity index (χ1n) is 19.5. The van der Waals surface area contributed by atoms with Crippen LogP contribution < -0.4 is 0 Å². The lowest BCUT2D eigenvalue weighted by atomic mass is 9.85. The molecule has 6 N–H and O–H groups in total. The maximum atomic E-state index is 12.7. The average Bonchev–Trinajstić information content (AvgIpc) is 3.10. The van der Waals surface area contributed by atoms with Gasteiger partial charge >= 0.3 is 19.8 Å². The summed E-state index contributed by atoms with van der Waals surface area (Å²) >= 11 is 0. The molecule has 0 radical (unpaired) electrons. The highest BCUT2D eigenvalue weighted by Crippen LogP contribution is 2.47. The molecule has 0 aromatic carbocycles. The summed E-state index contributed by atoms with van der Waals surface area (Å²) in [7, 11) is -5.10. The number of rotatable bonds is 31. The van der Waals surface area contributed by atoms with E-state index in [9.17, 15) is 44.6 Å². The Morgan fingerprint density at radius 3 is 1.51 bits per heavy atom. The minimum atomic E-state index is -5.10. The van der Waals surface area contributed by atoms with E-state index < -0.39 is 75.7 Å². The fourth-order valence-corrected chi connectivity index (χ4v) is 6.84. The molecule has 0 spiro atoms. The first kappa shape index (κ1) is 47.6. The molecule has 1 rings (SSSR count). The molecule has 1 aliphatic carbocycles. The van der Waals surface area contributed by atoms with E-state index in [4.69, 9.17) is 18.5 Å². The second-order valence-electron chi connectivity index (χ2n) is 13.8. The van der Waals surface area contributed by atoms with Gasteiger partial charge in [0.25, 0.3) is 0 Å². The van der Waals surface area contributed by atoms with E-state index in [1.165, 1.54) is 57.8 Å². The number of esters is 2. The lowest BCUT2D eigenvalue weighted by molar-refractivity contribution is -0.220. The highest BCUT2D eigenvalue weighted by molar-refractivity contribution is 7.47. The Balaban J connectivity index is 2.55. The van der Waals surface area contributed by atoms with E-state index in [-0.39, 0.29) is 12.8 Å². The van der Waals surface area contributed by atoms with Crippen molar-refractivity contribution in [2.45, 2.75) is 198 Å². The second kappa shape index (κ2) is 29.0. The molecule has 0 aromatic rings. The van der Waals surface area contributed by atoms with Gasteiger partial charge in [-0.3, -0.25) is 18.6 Å². The number of hydrogen-bond acceptors (Lipinski definition) is 12. The molecule has 0 saturated heterocycles. The highest BCUT2D eigenvalue weighted by Gasteiger charge is 2.51. The SMILES string of the molecule is CCCCCC/C=C\CCCCCCCC(=O)OC(COC(=O)CCCCCCCCCCC)COP(=O)(O)OC1C(O)C(O)C(O)C(O)C1O. The summed E-state index contributed by atoms with van der Waals surface area (Å²) in [6.45, 7) is 3.21. The number of ether oxygens (including phenoxy) is 2. The number of hydrogen-bond donors (Lipinski definition) is 6. The molecule has 1 fully saturated rings. The summed E-state index contributed by atoms with van der Waals surface area (Å²) in [6, 6.07) is 0. The molecule has 0 aromatic heterocycles. The molecule has 1 aliphatic rings. The zero-order chi connectivity index (χ0) is 37.9. The molecule has 1 saturated carbocycles. The predicted octanol–water partition coefficient (Wildman–Crippen LogP) is 5.94. The lowest BCUT2D eigenvalue weighted by Crippen LogP contribution is -2.64. The van der Waals surface area contributed by atoms with Crippen molar-refractivity contribution in [3.63, 3.8) is 0 Å². The summed E-state index contributed by atoms with van der Waals surface area (Å²) in [5, 5.41) is 49.9. The van der Waals surface area contributed by atoms with Crippen LogP contribution in [0.25, 0.3) is 0 Å². The summed E-state index contributed by atoms with van der Waals surface area (Å²) < 4.78 is 33.3. The standard InChI is InChI=1S/C37H69O13P/c1-3-5-7-9-11-13-14-15-16-18-20-22-24-26-31(39)49-29(27-47-30(38)25-23-21-19-17-12-10-8-6-4-2)28-48-51(45,46)50-37-35(43)33(41)32(40)34(42)36(37)44/h13-14,29,32-37,40-44H,3-12,15-28H2,1-2H3,(H,45,46)/b14-13-. The van der Waals surface area contributed by atoms with Crippen LogP contribution in [0, 0.1) is 0 Å². The van der Waals surface area contributed by atoms with Gasteiger partial charge in [-0.25, -0.2) is 4.57 Å². The van der Waals surface area contributed by atoms with E-state index in [1.807, 2.05) is 0 Å². The molecule has 14 heteroatoms. The van der Waals surface area contributed by atoms with Crippen molar-refractivity contribution in [1.82, 2.24) is 0 Å². The summed E-state index contributed by atoms with van der Waals surface area (Å²) in [5.41, 5.74) is 0. The first-order valence-corrected chi connectivity index (χ1v) is 21.0. The van der Waals surface area contributed by atoms with Gasteiger partial charge in [0.05, 0.1) is 6.61 Å². The molecule has 0 heterocycles. The zero-order valence-corrected chi connectivity index (χ0v) is 32.0. The average molecular weight is 753 g/mol. The van der Waals surface area contributed by atoms with Crippen LogP contribution >= 0.6 is 7.82 Å². The Labute approximate surface area is 305 Å². The number of aliphatic hydroxyl groups excluding tert-OH is 5. The van der Waals surface area contributed by atoms with Gasteiger partial charge in [-0.2, -0.15) is 0 Å². The Hall–Kier alpha value is -1.41. The third kappa shape index (κ3) is 22.4. The van der Waals surface area contributed by atoms with Crippen molar-refractivity contribution in [3.8, 4) is 0 Å². The number of carbonyl (C=O) groups excluding carboxylic acids is 2. The molecular formula is C37H69O13P. The normalized spacial score (nSPS) is 24.0. The number of phosphoric acid groups is 1. The molecule has 0 amide bonds. The molecule has 0 aliphatic heterocycles. The Kier molecular flexibility index (Phi) is 27.1. The van der Waals surface area contributed by atoms with Crippen molar-refractivity contribution in [2.24, 2.45) is 0 Å². The van der Waals surface area contributed by atoms with Gasteiger partial charge < -0.3 is 39.9 Å². The van der Waals surface area contributed by atoms with E-state index in [0.717, 1.165) is 57.8 Å². The van der Waals surface area contributed by atoms with Crippen LogP contribution in [0.3, 0.4) is 0 Å². The van der Waals surface area contributed by atoms with Crippen molar-refractivity contribution < 1.29 is 63.1 Å². The van der Waals surface area contributed by atoms with E-state index in [2.05, 4.69) is 26.0 Å².